The quantitative estimate of drug-likeness (QED) is 0.876. The van der Waals surface area contributed by atoms with Gasteiger partial charge < -0.3 is 10.6 Å². The number of aromatic nitrogens is 3. The predicted molar refractivity (Wildman–Crippen MR) is 74.3 cm³/mol. The van der Waals surface area contributed by atoms with Gasteiger partial charge in [-0.25, -0.2) is 0 Å². The lowest BCUT2D eigenvalue weighted by Crippen LogP contribution is -2.14. The van der Waals surface area contributed by atoms with Crippen molar-refractivity contribution in [3.05, 3.63) is 35.9 Å². The third kappa shape index (κ3) is 2.73. The fourth-order valence-corrected chi connectivity index (χ4v) is 1.88. The molecule has 19 heavy (non-hydrogen) atoms. The number of pyridine rings is 1. The molecule has 0 spiro atoms. The highest BCUT2D eigenvalue weighted by atomic mass is 16.1. The summed E-state index contributed by atoms with van der Waals surface area (Å²) in [5, 5.41) is 10.1. The van der Waals surface area contributed by atoms with Crippen molar-refractivity contribution in [1.82, 2.24) is 14.8 Å². The normalized spacial score (nSPS) is 10.3. The second kappa shape index (κ2) is 5.51. The maximum absolute atomic E-state index is 12.3. The Kier molecular flexibility index (Phi) is 3.79. The van der Waals surface area contributed by atoms with Crippen LogP contribution in [0.5, 0.6) is 0 Å². The molecule has 1 amide bonds. The number of hydrogen-bond acceptors (Lipinski definition) is 4. The molecule has 6 nitrogen and oxygen atoms in total. The number of rotatable bonds is 4. The average Bonchev–Trinajstić information content (AvgIpc) is 2.78. The minimum Gasteiger partial charge on any atom is -0.386 e. The molecule has 6 heteroatoms. The van der Waals surface area contributed by atoms with Crippen LogP contribution in [0.3, 0.4) is 0 Å². The van der Waals surface area contributed by atoms with Crippen molar-refractivity contribution in [3.63, 3.8) is 0 Å². The van der Waals surface area contributed by atoms with Crippen LogP contribution < -0.4 is 10.6 Å². The first kappa shape index (κ1) is 13.1. The minimum atomic E-state index is -0.172. The molecule has 0 unspecified atom stereocenters. The zero-order chi connectivity index (χ0) is 13.8. The lowest BCUT2D eigenvalue weighted by molar-refractivity contribution is 0.102. The molecule has 2 heterocycles. The van der Waals surface area contributed by atoms with Gasteiger partial charge in [0.1, 0.15) is 0 Å². The number of nitrogens with zero attached hydrogens (tertiary/aromatic N) is 3. The van der Waals surface area contributed by atoms with E-state index >= 15 is 0 Å². The topological polar surface area (TPSA) is 71.8 Å². The van der Waals surface area contributed by atoms with Gasteiger partial charge in [0, 0.05) is 26.5 Å². The van der Waals surface area contributed by atoms with E-state index in [0.29, 0.717) is 11.3 Å². The summed E-state index contributed by atoms with van der Waals surface area (Å²) in [6, 6.07) is 1.68. The van der Waals surface area contributed by atoms with Gasteiger partial charge in [0.05, 0.1) is 28.8 Å². The molecule has 0 aromatic carbocycles. The van der Waals surface area contributed by atoms with E-state index in [1.165, 1.54) is 0 Å². The Labute approximate surface area is 111 Å². The Bertz CT molecular complexity index is 590. The van der Waals surface area contributed by atoms with Crippen molar-refractivity contribution in [1.29, 1.82) is 0 Å². The first-order chi connectivity index (χ1) is 9.15. The lowest BCUT2D eigenvalue weighted by atomic mass is 10.2. The van der Waals surface area contributed by atoms with Crippen molar-refractivity contribution in [2.75, 3.05) is 17.7 Å². The molecule has 2 N–H and O–H groups in total. The Morgan fingerprint density at radius 2 is 2.21 bits per heavy atom. The van der Waals surface area contributed by atoms with Crippen molar-refractivity contribution >= 4 is 17.3 Å². The molecule has 0 aliphatic heterocycles. The highest BCUT2D eigenvalue weighted by molar-refractivity contribution is 6.08. The zero-order valence-corrected chi connectivity index (χ0v) is 11.3. The summed E-state index contributed by atoms with van der Waals surface area (Å²) in [6.45, 7) is 2.00. The summed E-state index contributed by atoms with van der Waals surface area (Å²) >= 11 is 0. The number of carbonyl (C=O) groups excluding carboxylic acids is 1. The SMILES string of the molecule is CCc1nn(C)cc1NC(=O)c1ccncc1NC. The predicted octanol–water partition coefficient (Wildman–Crippen LogP) is 1.67. The van der Waals surface area contributed by atoms with Gasteiger partial charge in [0.2, 0.25) is 0 Å². The van der Waals surface area contributed by atoms with E-state index in [1.807, 2.05) is 14.0 Å². The number of carbonyl (C=O) groups is 1. The highest BCUT2D eigenvalue weighted by Gasteiger charge is 2.14. The summed E-state index contributed by atoms with van der Waals surface area (Å²) in [5.74, 6) is -0.172. The molecule has 100 valence electrons. The molecule has 0 saturated heterocycles. The molecule has 2 aromatic heterocycles. The van der Waals surface area contributed by atoms with Crippen LogP contribution in [0.2, 0.25) is 0 Å². The third-order valence-electron chi connectivity index (χ3n) is 2.82. The first-order valence-corrected chi connectivity index (χ1v) is 6.11. The van der Waals surface area contributed by atoms with Crippen LogP contribution in [-0.4, -0.2) is 27.7 Å². The van der Waals surface area contributed by atoms with Gasteiger partial charge in [-0.2, -0.15) is 5.10 Å². The Morgan fingerprint density at radius 3 is 2.89 bits per heavy atom. The van der Waals surface area contributed by atoms with Crippen LogP contribution in [0.1, 0.15) is 23.0 Å². The molecular formula is C13H17N5O. The smallest absolute Gasteiger partial charge is 0.257 e. The summed E-state index contributed by atoms with van der Waals surface area (Å²) in [7, 11) is 3.59. The number of amides is 1. The van der Waals surface area contributed by atoms with Gasteiger partial charge in [0.25, 0.3) is 5.91 Å². The summed E-state index contributed by atoms with van der Waals surface area (Å²) in [5.41, 5.74) is 2.87. The molecule has 0 saturated carbocycles. The average molecular weight is 259 g/mol. The van der Waals surface area contributed by atoms with Crippen LogP contribution >= 0.6 is 0 Å². The second-order valence-electron chi connectivity index (χ2n) is 4.14. The molecule has 0 atom stereocenters. The third-order valence-corrected chi connectivity index (χ3v) is 2.82. The van der Waals surface area contributed by atoms with E-state index < -0.39 is 0 Å². The monoisotopic (exact) mass is 259 g/mol. The number of aryl methyl sites for hydroxylation is 2. The van der Waals surface area contributed by atoms with Crippen LogP contribution in [0.4, 0.5) is 11.4 Å². The molecule has 0 fully saturated rings. The second-order valence-corrected chi connectivity index (χ2v) is 4.14. The molecule has 0 bridgehead atoms. The zero-order valence-electron chi connectivity index (χ0n) is 11.3. The molecular weight excluding hydrogens is 242 g/mol. The van der Waals surface area contributed by atoms with Crippen LogP contribution in [0, 0.1) is 0 Å². The summed E-state index contributed by atoms with van der Waals surface area (Å²) in [6.07, 6.45) is 5.79. The van der Waals surface area contributed by atoms with Gasteiger partial charge in [-0.05, 0) is 12.5 Å². The maximum Gasteiger partial charge on any atom is 0.257 e. The highest BCUT2D eigenvalue weighted by Crippen LogP contribution is 2.18. The molecule has 0 radical (unpaired) electrons. The van der Waals surface area contributed by atoms with E-state index in [2.05, 4.69) is 20.7 Å². The van der Waals surface area contributed by atoms with Gasteiger partial charge in [-0.15, -0.1) is 0 Å². The van der Waals surface area contributed by atoms with Crippen molar-refractivity contribution < 1.29 is 4.79 Å². The fourth-order valence-electron chi connectivity index (χ4n) is 1.88. The molecule has 0 aliphatic rings. The van der Waals surface area contributed by atoms with E-state index in [0.717, 1.165) is 17.8 Å². The maximum atomic E-state index is 12.3. The minimum absolute atomic E-state index is 0.172. The van der Waals surface area contributed by atoms with Crippen LogP contribution in [-0.2, 0) is 13.5 Å². The standard InChI is InChI=1S/C13H17N5O/c1-4-10-12(8-18(3)17-10)16-13(19)9-5-6-15-7-11(9)14-2/h5-8,14H,4H2,1-3H3,(H,16,19). The number of anilines is 2. The fraction of sp³-hybridized carbons (Fsp3) is 0.308. The Morgan fingerprint density at radius 1 is 1.42 bits per heavy atom. The van der Waals surface area contributed by atoms with E-state index in [1.54, 1.807) is 36.4 Å². The van der Waals surface area contributed by atoms with Crippen molar-refractivity contribution in [2.24, 2.45) is 7.05 Å². The summed E-state index contributed by atoms with van der Waals surface area (Å²) < 4.78 is 1.69. The van der Waals surface area contributed by atoms with Gasteiger partial charge in [-0.1, -0.05) is 6.92 Å². The largest absolute Gasteiger partial charge is 0.386 e. The van der Waals surface area contributed by atoms with E-state index in [-0.39, 0.29) is 5.91 Å². The molecule has 2 aromatic rings. The number of hydrogen-bond donors (Lipinski definition) is 2. The first-order valence-electron chi connectivity index (χ1n) is 6.11. The van der Waals surface area contributed by atoms with E-state index in [4.69, 9.17) is 0 Å². The molecule has 0 aliphatic carbocycles. The number of nitrogens with one attached hydrogen (secondary N) is 2. The van der Waals surface area contributed by atoms with Crippen LogP contribution in [0.15, 0.2) is 24.7 Å². The van der Waals surface area contributed by atoms with E-state index in [9.17, 15) is 4.79 Å². The Hall–Kier alpha value is -2.37. The lowest BCUT2D eigenvalue weighted by Gasteiger charge is -2.08. The van der Waals surface area contributed by atoms with Gasteiger partial charge in [-0.3, -0.25) is 14.5 Å². The molecule has 2 rings (SSSR count). The van der Waals surface area contributed by atoms with Crippen LogP contribution in [0.25, 0.3) is 0 Å². The van der Waals surface area contributed by atoms with Crippen molar-refractivity contribution in [3.8, 4) is 0 Å². The summed E-state index contributed by atoms with van der Waals surface area (Å²) in [4.78, 5) is 16.2. The van der Waals surface area contributed by atoms with Gasteiger partial charge in [0.15, 0.2) is 0 Å². The van der Waals surface area contributed by atoms with Gasteiger partial charge >= 0.3 is 0 Å². The van der Waals surface area contributed by atoms with Crippen molar-refractivity contribution in [2.45, 2.75) is 13.3 Å². The Balaban J connectivity index is 2.25.